The Morgan fingerprint density at radius 3 is 2.69 bits per heavy atom. The Labute approximate surface area is 150 Å². The van der Waals surface area contributed by atoms with Crippen LogP contribution in [0.5, 0.6) is 0 Å². The number of nitrogens with zero attached hydrogens (tertiary/aromatic N) is 2. The van der Waals surface area contributed by atoms with E-state index in [-0.39, 0.29) is 18.0 Å². The zero-order valence-corrected chi connectivity index (χ0v) is 14.9. The van der Waals surface area contributed by atoms with E-state index < -0.39 is 11.9 Å². The van der Waals surface area contributed by atoms with Gasteiger partial charge in [-0.15, -0.1) is 0 Å². The van der Waals surface area contributed by atoms with Crippen LogP contribution in [0.4, 0.5) is 18.9 Å². The molecular formula is C19H22F3N3O. The fraction of sp³-hybridized carbons (Fsp3) is 0.474. The number of anilines is 1. The molecule has 0 bridgehead atoms. The molecule has 0 unspecified atom stereocenters. The first-order valence-corrected chi connectivity index (χ1v) is 8.81. The number of alkyl halides is 3. The van der Waals surface area contributed by atoms with E-state index in [0.29, 0.717) is 30.1 Å². The molecule has 0 spiro atoms. The molecule has 3 rings (SSSR count). The number of aromatic nitrogens is 2. The van der Waals surface area contributed by atoms with Crippen LogP contribution in [0.2, 0.25) is 0 Å². The van der Waals surface area contributed by atoms with Crippen molar-refractivity contribution in [3.05, 3.63) is 46.8 Å². The Kier molecular flexibility index (Phi) is 5.07. The maximum atomic E-state index is 13.2. The summed E-state index contributed by atoms with van der Waals surface area (Å²) in [4.78, 5) is 12.4. The standard InChI is InChI=1S/C19H22F3N3O/c1-12(2)13-6-5-7-14(10-13)23-17(26)11-25-16-9-4-3-8-15(16)18(24-25)19(20,21)22/h5-7,10,12H,3-4,8-9,11H2,1-2H3,(H,23,26). The minimum absolute atomic E-state index is 0.218. The van der Waals surface area contributed by atoms with E-state index in [0.717, 1.165) is 18.4 Å². The maximum Gasteiger partial charge on any atom is 0.435 e. The van der Waals surface area contributed by atoms with Gasteiger partial charge in [-0.2, -0.15) is 18.3 Å². The van der Waals surface area contributed by atoms with Crippen LogP contribution < -0.4 is 5.32 Å². The molecule has 1 aliphatic carbocycles. The molecule has 0 atom stereocenters. The molecule has 1 amide bonds. The van der Waals surface area contributed by atoms with Gasteiger partial charge in [0.1, 0.15) is 6.54 Å². The van der Waals surface area contributed by atoms with Crippen molar-refractivity contribution in [2.24, 2.45) is 0 Å². The Morgan fingerprint density at radius 1 is 1.27 bits per heavy atom. The van der Waals surface area contributed by atoms with Crippen molar-refractivity contribution in [3.8, 4) is 0 Å². The fourth-order valence-corrected chi connectivity index (χ4v) is 3.34. The second-order valence-corrected chi connectivity index (χ2v) is 6.96. The molecule has 140 valence electrons. The van der Waals surface area contributed by atoms with Crippen molar-refractivity contribution in [2.45, 2.75) is 58.2 Å². The Hall–Kier alpha value is -2.31. The molecule has 1 heterocycles. The molecule has 0 saturated heterocycles. The van der Waals surface area contributed by atoms with Crippen LogP contribution in [0.25, 0.3) is 0 Å². The maximum absolute atomic E-state index is 13.2. The Balaban J connectivity index is 1.79. The molecule has 26 heavy (non-hydrogen) atoms. The van der Waals surface area contributed by atoms with Gasteiger partial charge in [0.05, 0.1) is 0 Å². The third kappa shape index (κ3) is 3.92. The van der Waals surface area contributed by atoms with Crippen LogP contribution in [0.15, 0.2) is 24.3 Å². The summed E-state index contributed by atoms with van der Waals surface area (Å²) in [5.41, 5.74) is 1.66. The van der Waals surface area contributed by atoms with Crippen LogP contribution >= 0.6 is 0 Å². The zero-order valence-electron chi connectivity index (χ0n) is 14.9. The number of nitrogens with one attached hydrogen (secondary N) is 1. The van der Waals surface area contributed by atoms with E-state index in [9.17, 15) is 18.0 Å². The van der Waals surface area contributed by atoms with E-state index in [1.54, 1.807) is 6.07 Å². The highest BCUT2D eigenvalue weighted by Gasteiger charge is 2.39. The largest absolute Gasteiger partial charge is 0.435 e. The first kappa shape index (κ1) is 18.5. The second kappa shape index (κ2) is 7.13. The lowest BCUT2D eigenvalue weighted by molar-refractivity contribution is -0.142. The molecule has 4 nitrogen and oxygen atoms in total. The van der Waals surface area contributed by atoms with E-state index >= 15 is 0 Å². The number of rotatable bonds is 4. The second-order valence-electron chi connectivity index (χ2n) is 6.96. The molecule has 1 N–H and O–H groups in total. The highest BCUT2D eigenvalue weighted by atomic mass is 19.4. The molecule has 7 heteroatoms. The van der Waals surface area contributed by atoms with Crippen LogP contribution in [0.3, 0.4) is 0 Å². The number of hydrogen-bond donors (Lipinski definition) is 1. The smallest absolute Gasteiger partial charge is 0.324 e. The highest BCUT2D eigenvalue weighted by Crippen LogP contribution is 2.35. The van der Waals surface area contributed by atoms with E-state index in [1.807, 2.05) is 18.2 Å². The fourth-order valence-electron chi connectivity index (χ4n) is 3.34. The lowest BCUT2D eigenvalue weighted by Gasteiger charge is -2.15. The van der Waals surface area contributed by atoms with Gasteiger partial charge < -0.3 is 5.32 Å². The molecule has 0 saturated carbocycles. The minimum Gasteiger partial charge on any atom is -0.324 e. The van der Waals surface area contributed by atoms with Gasteiger partial charge in [0, 0.05) is 16.9 Å². The summed E-state index contributed by atoms with van der Waals surface area (Å²) in [5.74, 6) is -0.0603. The third-order valence-electron chi connectivity index (χ3n) is 4.66. The van der Waals surface area contributed by atoms with Gasteiger partial charge in [0.15, 0.2) is 5.69 Å². The van der Waals surface area contributed by atoms with Gasteiger partial charge in [-0.05, 0) is 49.3 Å². The quantitative estimate of drug-likeness (QED) is 0.864. The number of carbonyl (C=O) groups excluding carboxylic acids is 1. The summed E-state index contributed by atoms with van der Waals surface area (Å²) in [5, 5.41) is 6.48. The first-order chi connectivity index (χ1) is 12.3. The number of hydrogen-bond acceptors (Lipinski definition) is 2. The number of amides is 1. The lowest BCUT2D eigenvalue weighted by atomic mass is 9.95. The van der Waals surface area contributed by atoms with Crippen LogP contribution in [0, 0.1) is 0 Å². The van der Waals surface area contributed by atoms with Crippen LogP contribution in [0.1, 0.15) is 55.1 Å². The van der Waals surface area contributed by atoms with Crippen molar-refractivity contribution in [1.29, 1.82) is 0 Å². The zero-order chi connectivity index (χ0) is 18.9. The summed E-state index contributed by atoms with van der Waals surface area (Å²) in [6, 6.07) is 7.47. The summed E-state index contributed by atoms with van der Waals surface area (Å²) >= 11 is 0. The molecule has 0 radical (unpaired) electrons. The van der Waals surface area contributed by atoms with E-state index in [2.05, 4.69) is 24.3 Å². The predicted molar refractivity (Wildman–Crippen MR) is 93.0 cm³/mol. The van der Waals surface area contributed by atoms with Gasteiger partial charge in [0.2, 0.25) is 5.91 Å². The number of benzene rings is 1. The van der Waals surface area contributed by atoms with Gasteiger partial charge in [-0.25, -0.2) is 0 Å². The average Bonchev–Trinajstić information content (AvgIpc) is 2.94. The molecule has 0 aliphatic heterocycles. The van der Waals surface area contributed by atoms with Crippen molar-refractivity contribution in [3.63, 3.8) is 0 Å². The molecule has 1 aliphatic rings. The van der Waals surface area contributed by atoms with Gasteiger partial charge in [-0.3, -0.25) is 9.48 Å². The SMILES string of the molecule is CC(C)c1cccc(NC(=O)Cn2nc(C(F)(F)F)c3c2CCCC3)c1. The minimum atomic E-state index is -4.49. The monoisotopic (exact) mass is 365 g/mol. The number of carbonyl (C=O) groups is 1. The molecule has 1 aromatic heterocycles. The Bertz CT molecular complexity index is 809. The molecule has 1 aromatic carbocycles. The number of fused-ring (bicyclic) bond motifs is 1. The van der Waals surface area contributed by atoms with E-state index in [4.69, 9.17) is 0 Å². The van der Waals surface area contributed by atoms with E-state index in [1.165, 1.54) is 4.68 Å². The normalized spacial score (nSPS) is 14.4. The van der Waals surface area contributed by atoms with Gasteiger partial charge in [0.25, 0.3) is 0 Å². The summed E-state index contributed by atoms with van der Waals surface area (Å²) < 4.78 is 40.9. The van der Waals surface area contributed by atoms with Crippen molar-refractivity contribution in [1.82, 2.24) is 9.78 Å². The number of halogens is 3. The summed E-state index contributed by atoms with van der Waals surface area (Å²) in [6.45, 7) is 3.88. The molecular weight excluding hydrogens is 343 g/mol. The highest BCUT2D eigenvalue weighted by molar-refractivity contribution is 5.90. The summed E-state index contributed by atoms with van der Waals surface area (Å²) in [6.07, 6.45) is -2.07. The molecule has 2 aromatic rings. The first-order valence-electron chi connectivity index (χ1n) is 8.81. The van der Waals surface area contributed by atoms with Crippen molar-refractivity contribution < 1.29 is 18.0 Å². The average molecular weight is 365 g/mol. The van der Waals surface area contributed by atoms with Crippen molar-refractivity contribution >= 4 is 11.6 Å². The van der Waals surface area contributed by atoms with Crippen LogP contribution in [-0.4, -0.2) is 15.7 Å². The lowest BCUT2D eigenvalue weighted by Crippen LogP contribution is -2.22. The van der Waals surface area contributed by atoms with Gasteiger partial charge in [-0.1, -0.05) is 26.0 Å². The van der Waals surface area contributed by atoms with Gasteiger partial charge >= 0.3 is 6.18 Å². The Morgan fingerprint density at radius 2 is 2.00 bits per heavy atom. The third-order valence-corrected chi connectivity index (χ3v) is 4.66. The predicted octanol–water partition coefficient (Wildman–Crippen LogP) is 4.54. The summed E-state index contributed by atoms with van der Waals surface area (Å²) in [7, 11) is 0. The van der Waals surface area contributed by atoms with Crippen LogP contribution in [-0.2, 0) is 30.4 Å². The topological polar surface area (TPSA) is 46.9 Å². The molecule has 0 fully saturated rings. The van der Waals surface area contributed by atoms with Crippen molar-refractivity contribution in [2.75, 3.05) is 5.32 Å².